The molecule has 0 aromatic heterocycles. The Kier molecular flexibility index (Phi) is 5.30. The summed E-state index contributed by atoms with van der Waals surface area (Å²) in [6.45, 7) is -0.381. The summed E-state index contributed by atoms with van der Waals surface area (Å²) in [6, 6.07) is 5.35. The summed E-state index contributed by atoms with van der Waals surface area (Å²) in [4.78, 5) is 0. The van der Waals surface area contributed by atoms with Crippen LogP contribution in [-0.2, 0) is 11.9 Å². The molecule has 2 N–H and O–H groups in total. The Labute approximate surface area is 101 Å². The van der Waals surface area contributed by atoms with Crippen molar-refractivity contribution in [3.63, 3.8) is 0 Å². The van der Waals surface area contributed by atoms with Crippen LogP contribution in [0.3, 0.4) is 0 Å². The average molecular weight is 266 g/mol. The molecule has 0 saturated heterocycles. The van der Waals surface area contributed by atoms with Gasteiger partial charge in [0.05, 0.1) is 18.3 Å². The summed E-state index contributed by atoms with van der Waals surface area (Å²) in [5.74, 6) is 0.370. The molecule has 1 atom stereocenters. The zero-order valence-corrected chi connectivity index (χ0v) is 9.76. The monoisotopic (exact) mass is 266 g/mol. The number of alkyl halides is 3. The lowest BCUT2D eigenvalue weighted by molar-refractivity contribution is -0.138. The molecular weight excluding hydrogens is 253 g/mol. The zero-order chi connectivity index (χ0) is 12.9. The van der Waals surface area contributed by atoms with Crippen molar-refractivity contribution in [2.45, 2.75) is 18.0 Å². The number of thioether (sulfide) groups is 1. The third-order valence-electron chi connectivity index (χ3n) is 2.10. The molecule has 1 aromatic rings. The van der Waals surface area contributed by atoms with Gasteiger partial charge in [-0.1, -0.05) is 18.2 Å². The largest absolute Gasteiger partial charge is 0.416 e. The number of halogens is 3. The third-order valence-corrected chi connectivity index (χ3v) is 3.24. The Bertz CT molecular complexity index is 355. The van der Waals surface area contributed by atoms with Crippen molar-refractivity contribution in [1.29, 1.82) is 0 Å². The van der Waals surface area contributed by atoms with Crippen molar-refractivity contribution in [3.8, 4) is 0 Å². The Balaban J connectivity index is 2.65. The molecule has 0 unspecified atom stereocenters. The highest BCUT2D eigenvalue weighted by atomic mass is 32.2. The number of hydrogen-bond donors (Lipinski definition) is 2. The van der Waals surface area contributed by atoms with Gasteiger partial charge in [0.2, 0.25) is 0 Å². The van der Waals surface area contributed by atoms with Crippen LogP contribution in [0.15, 0.2) is 24.3 Å². The van der Waals surface area contributed by atoms with Gasteiger partial charge in [-0.25, -0.2) is 0 Å². The van der Waals surface area contributed by atoms with E-state index in [2.05, 4.69) is 0 Å². The van der Waals surface area contributed by atoms with Crippen molar-refractivity contribution < 1.29 is 23.4 Å². The maximum absolute atomic E-state index is 12.6. The summed E-state index contributed by atoms with van der Waals surface area (Å²) in [7, 11) is 0. The lowest BCUT2D eigenvalue weighted by Crippen LogP contribution is -2.15. The lowest BCUT2D eigenvalue weighted by atomic mass is 10.1. The van der Waals surface area contributed by atoms with Gasteiger partial charge in [-0.3, -0.25) is 0 Å². The first-order chi connectivity index (χ1) is 7.95. The van der Waals surface area contributed by atoms with Crippen LogP contribution >= 0.6 is 11.8 Å². The van der Waals surface area contributed by atoms with Crippen molar-refractivity contribution in [1.82, 2.24) is 0 Å². The van der Waals surface area contributed by atoms with Crippen LogP contribution in [0.5, 0.6) is 0 Å². The first kappa shape index (κ1) is 14.3. The molecule has 96 valence electrons. The van der Waals surface area contributed by atoms with Crippen LogP contribution in [0.1, 0.15) is 11.1 Å². The molecular formula is C11H13F3O2S. The Morgan fingerprint density at radius 2 is 1.88 bits per heavy atom. The molecule has 0 spiro atoms. The maximum Gasteiger partial charge on any atom is 0.416 e. The molecule has 0 fully saturated rings. The highest BCUT2D eigenvalue weighted by molar-refractivity contribution is 7.98. The SMILES string of the molecule is OC[C@@H](O)CSCc1ccccc1C(F)(F)F. The van der Waals surface area contributed by atoms with Crippen molar-refractivity contribution in [3.05, 3.63) is 35.4 Å². The van der Waals surface area contributed by atoms with E-state index in [1.54, 1.807) is 6.07 Å². The van der Waals surface area contributed by atoms with Gasteiger partial charge in [-0.15, -0.1) is 0 Å². The molecule has 0 aliphatic heterocycles. The van der Waals surface area contributed by atoms with Crippen LogP contribution in [0.4, 0.5) is 13.2 Å². The van der Waals surface area contributed by atoms with Gasteiger partial charge in [0, 0.05) is 11.5 Å². The predicted molar refractivity (Wildman–Crippen MR) is 60.7 cm³/mol. The van der Waals surface area contributed by atoms with E-state index < -0.39 is 17.8 Å². The zero-order valence-electron chi connectivity index (χ0n) is 8.94. The van der Waals surface area contributed by atoms with E-state index in [0.29, 0.717) is 0 Å². The molecule has 2 nitrogen and oxygen atoms in total. The standard InChI is InChI=1S/C11H13F3O2S/c12-11(13,14)10-4-2-1-3-8(10)6-17-7-9(16)5-15/h1-4,9,15-16H,5-7H2/t9-/m1/s1. The second-order valence-electron chi connectivity index (χ2n) is 3.51. The fraction of sp³-hybridized carbons (Fsp3) is 0.455. The second-order valence-corrected chi connectivity index (χ2v) is 4.54. The Morgan fingerprint density at radius 3 is 2.47 bits per heavy atom. The molecule has 17 heavy (non-hydrogen) atoms. The van der Waals surface area contributed by atoms with E-state index >= 15 is 0 Å². The molecule has 0 aliphatic carbocycles. The van der Waals surface area contributed by atoms with E-state index in [9.17, 15) is 13.2 Å². The summed E-state index contributed by atoms with van der Waals surface area (Å²) in [5, 5.41) is 17.6. The minimum absolute atomic E-state index is 0.159. The molecule has 0 saturated carbocycles. The summed E-state index contributed by atoms with van der Waals surface area (Å²) < 4.78 is 37.8. The molecule has 0 bridgehead atoms. The van der Waals surface area contributed by atoms with Gasteiger partial charge in [0.25, 0.3) is 0 Å². The number of benzene rings is 1. The van der Waals surface area contributed by atoms with Gasteiger partial charge in [-0.05, 0) is 11.6 Å². The number of aliphatic hydroxyl groups excluding tert-OH is 2. The van der Waals surface area contributed by atoms with Gasteiger partial charge in [0.15, 0.2) is 0 Å². The van der Waals surface area contributed by atoms with E-state index in [-0.39, 0.29) is 23.7 Å². The fourth-order valence-electron chi connectivity index (χ4n) is 1.28. The minimum Gasteiger partial charge on any atom is -0.394 e. The van der Waals surface area contributed by atoms with E-state index in [1.807, 2.05) is 0 Å². The normalized spacial score (nSPS) is 13.7. The van der Waals surface area contributed by atoms with Crippen LogP contribution in [0.2, 0.25) is 0 Å². The quantitative estimate of drug-likeness (QED) is 0.859. The molecule has 0 amide bonds. The highest BCUT2D eigenvalue weighted by Crippen LogP contribution is 2.33. The predicted octanol–water partition coefficient (Wildman–Crippen LogP) is 2.29. The smallest absolute Gasteiger partial charge is 0.394 e. The average Bonchev–Trinajstić information content (AvgIpc) is 2.28. The summed E-state index contributed by atoms with van der Waals surface area (Å²) in [5.41, 5.74) is -0.457. The Morgan fingerprint density at radius 1 is 1.24 bits per heavy atom. The molecule has 0 radical (unpaired) electrons. The van der Waals surface area contributed by atoms with Gasteiger partial charge < -0.3 is 10.2 Å². The number of rotatable bonds is 5. The van der Waals surface area contributed by atoms with Crippen LogP contribution in [0, 0.1) is 0 Å². The van der Waals surface area contributed by atoms with Crippen LogP contribution in [0.25, 0.3) is 0 Å². The van der Waals surface area contributed by atoms with E-state index in [0.717, 1.165) is 17.8 Å². The van der Waals surface area contributed by atoms with Gasteiger partial charge >= 0.3 is 6.18 Å². The molecule has 1 rings (SSSR count). The van der Waals surface area contributed by atoms with Crippen LogP contribution < -0.4 is 0 Å². The molecule has 6 heteroatoms. The number of aliphatic hydroxyl groups is 2. The van der Waals surface area contributed by atoms with Crippen molar-refractivity contribution in [2.75, 3.05) is 12.4 Å². The van der Waals surface area contributed by atoms with Crippen LogP contribution in [-0.4, -0.2) is 28.7 Å². The van der Waals surface area contributed by atoms with Gasteiger partial charge in [-0.2, -0.15) is 24.9 Å². The van der Waals surface area contributed by atoms with Gasteiger partial charge in [0.1, 0.15) is 0 Å². The summed E-state index contributed by atoms with van der Waals surface area (Å²) in [6.07, 6.45) is -5.25. The first-order valence-electron chi connectivity index (χ1n) is 4.97. The minimum atomic E-state index is -4.35. The molecule has 0 aliphatic rings. The Hall–Kier alpha value is -0.720. The van der Waals surface area contributed by atoms with Crippen molar-refractivity contribution in [2.24, 2.45) is 0 Å². The number of hydrogen-bond acceptors (Lipinski definition) is 3. The molecule has 1 aromatic carbocycles. The lowest BCUT2D eigenvalue weighted by Gasteiger charge is -2.13. The maximum atomic E-state index is 12.6. The molecule has 0 heterocycles. The van der Waals surface area contributed by atoms with E-state index in [4.69, 9.17) is 10.2 Å². The highest BCUT2D eigenvalue weighted by Gasteiger charge is 2.32. The summed E-state index contributed by atoms with van der Waals surface area (Å²) >= 11 is 1.16. The van der Waals surface area contributed by atoms with Crippen molar-refractivity contribution >= 4 is 11.8 Å². The fourth-order valence-corrected chi connectivity index (χ4v) is 2.25. The topological polar surface area (TPSA) is 40.5 Å². The van der Waals surface area contributed by atoms with E-state index in [1.165, 1.54) is 12.1 Å². The third kappa shape index (κ3) is 4.57. The first-order valence-corrected chi connectivity index (χ1v) is 6.12. The second kappa shape index (κ2) is 6.28.